The van der Waals surface area contributed by atoms with Crippen molar-refractivity contribution in [3.05, 3.63) is 12.4 Å². The third-order valence-corrected chi connectivity index (χ3v) is 1.19. The average molecular weight is 164 g/mol. The summed E-state index contributed by atoms with van der Waals surface area (Å²) in [5.41, 5.74) is 0. The zero-order valence-corrected chi connectivity index (χ0v) is 6.40. The smallest absolute Gasteiger partial charge is 0.107 e. The topological polar surface area (TPSA) is 49.7 Å². The fraction of sp³-hybridized carbons (Fsp3) is 0.714. The molecule has 0 saturated carbocycles. The summed E-state index contributed by atoms with van der Waals surface area (Å²) in [6, 6.07) is 0. The summed E-state index contributed by atoms with van der Waals surface area (Å²) in [5, 5.41) is 17.5. The third kappa shape index (κ3) is 4.08. The van der Waals surface area contributed by atoms with Crippen LogP contribution in [0.1, 0.15) is 6.92 Å². The van der Waals surface area contributed by atoms with E-state index in [-0.39, 0.29) is 0 Å². The Labute approximate surface area is 65.1 Å². The summed E-state index contributed by atoms with van der Waals surface area (Å²) in [5.74, 6) is 0. The fourth-order valence-corrected chi connectivity index (χ4v) is 0.663. The van der Waals surface area contributed by atoms with Gasteiger partial charge in [0.2, 0.25) is 0 Å². The summed E-state index contributed by atoms with van der Waals surface area (Å²) < 4.78 is 16.5. The molecule has 4 heteroatoms. The Bertz CT molecular complexity index is 116. The minimum atomic E-state index is -1.05. The average Bonchev–Trinajstić information content (AvgIpc) is 2.03. The van der Waals surface area contributed by atoms with E-state index in [2.05, 4.69) is 0 Å². The SMILES string of the molecule is CCO[C@H](/C=C/F)C(O)CO. The molecule has 0 saturated heterocycles. The summed E-state index contributed by atoms with van der Waals surface area (Å²) in [6.45, 7) is 1.66. The highest BCUT2D eigenvalue weighted by Gasteiger charge is 2.14. The van der Waals surface area contributed by atoms with E-state index in [4.69, 9.17) is 14.9 Å². The monoisotopic (exact) mass is 164 g/mol. The molecule has 0 aromatic rings. The summed E-state index contributed by atoms with van der Waals surface area (Å²) in [6.07, 6.45) is -0.458. The van der Waals surface area contributed by atoms with Crippen molar-refractivity contribution in [2.75, 3.05) is 13.2 Å². The second kappa shape index (κ2) is 6.27. The molecule has 0 amide bonds. The van der Waals surface area contributed by atoms with Gasteiger partial charge in [0.15, 0.2) is 0 Å². The standard InChI is InChI=1S/C7H13FO3/c1-2-11-7(3-4-8)6(10)5-9/h3-4,6-7,9-10H,2,5H2,1H3/b4-3+/t6?,7-/m1/s1. The molecule has 11 heavy (non-hydrogen) atoms. The molecule has 0 aromatic heterocycles. The van der Waals surface area contributed by atoms with Gasteiger partial charge in [-0.3, -0.25) is 0 Å². The number of rotatable bonds is 5. The maximum absolute atomic E-state index is 11.6. The van der Waals surface area contributed by atoms with Crippen molar-refractivity contribution in [2.45, 2.75) is 19.1 Å². The Morgan fingerprint density at radius 1 is 1.64 bits per heavy atom. The largest absolute Gasteiger partial charge is 0.394 e. The van der Waals surface area contributed by atoms with Gasteiger partial charge >= 0.3 is 0 Å². The molecule has 0 aromatic carbocycles. The first-order valence-electron chi connectivity index (χ1n) is 3.43. The van der Waals surface area contributed by atoms with Gasteiger partial charge in [0.25, 0.3) is 0 Å². The van der Waals surface area contributed by atoms with Crippen LogP contribution < -0.4 is 0 Å². The lowest BCUT2D eigenvalue weighted by Crippen LogP contribution is -2.30. The van der Waals surface area contributed by atoms with E-state index in [0.29, 0.717) is 12.9 Å². The highest BCUT2D eigenvalue weighted by atomic mass is 19.1. The highest BCUT2D eigenvalue weighted by molar-refractivity contribution is 4.88. The number of ether oxygens (including phenoxy) is 1. The van der Waals surface area contributed by atoms with Crippen LogP contribution in [0.3, 0.4) is 0 Å². The molecule has 0 aliphatic carbocycles. The molecule has 0 fully saturated rings. The van der Waals surface area contributed by atoms with Crippen LogP contribution in [-0.2, 0) is 4.74 Å². The normalized spacial score (nSPS) is 17.1. The predicted octanol–water partition coefficient (Wildman–Crippen LogP) is 0.228. The molecule has 0 aliphatic rings. The Kier molecular flexibility index (Phi) is 6.02. The highest BCUT2D eigenvalue weighted by Crippen LogP contribution is 2.01. The number of hydrogen-bond acceptors (Lipinski definition) is 3. The molecular formula is C7H13FO3. The molecule has 0 bridgehead atoms. The van der Waals surface area contributed by atoms with Gasteiger partial charge in [-0.15, -0.1) is 0 Å². The van der Waals surface area contributed by atoms with Crippen LogP contribution >= 0.6 is 0 Å². The quantitative estimate of drug-likeness (QED) is 0.611. The van der Waals surface area contributed by atoms with E-state index in [9.17, 15) is 4.39 Å². The maximum atomic E-state index is 11.6. The van der Waals surface area contributed by atoms with Gasteiger partial charge in [0, 0.05) is 6.61 Å². The summed E-state index contributed by atoms with van der Waals surface area (Å²) >= 11 is 0. The van der Waals surface area contributed by atoms with Crippen molar-refractivity contribution in [3.8, 4) is 0 Å². The van der Waals surface area contributed by atoms with Gasteiger partial charge < -0.3 is 14.9 Å². The van der Waals surface area contributed by atoms with Crippen molar-refractivity contribution in [2.24, 2.45) is 0 Å². The first-order chi connectivity index (χ1) is 5.26. The van der Waals surface area contributed by atoms with E-state index in [1.54, 1.807) is 6.92 Å². The van der Waals surface area contributed by atoms with Gasteiger partial charge in [0.1, 0.15) is 12.2 Å². The minimum absolute atomic E-state index is 0.291. The lowest BCUT2D eigenvalue weighted by Gasteiger charge is -2.16. The zero-order valence-electron chi connectivity index (χ0n) is 6.40. The van der Waals surface area contributed by atoms with Crippen molar-refractivity contribution in [1.82, 2.24) is 0 Å². The molecule has 2 N–H and O–H groups in total. The number of hydrogen-bond donors (Lipinski definition) is 2. The van der Waals surface area contributed by atoms with Crippen LogP contribution in [0.15, 0.2) is 12.4 Å². The van der Waals surface area contributed by atoms with Crippen LogP contribution in [0.2, 0.25) is 0 Å². The van der Waals surface area contributed by atoms with Crippen LogP contribution in [0.4, 0.5) is 4.39 Å². The number of aliphatic hydroxyl groups is 2. The fourth-order valence-electron chi connectivity index (χ4n) is 0.663. The van der Waals surface area contributed by atoms with E-state index in [0.717, 1.165) is 6.08 Å². The predicted molar refractivity (Wildman–Crippen MR) is 38.8 cm³/mol. The second-order valence-electron chi connectivity index (χ2n) is 1.99. The van der Waals surface area contributed by atoms with Crippen molar-refractivity contribution in [1.29, 1.82) is 0 Å². The van der Waals surface area contributed by atoms with Gasteiger partial charge in [-0.1, -0.05) is 0 Å². The molecule has 1 unspecified atom stereocenters. The van der Waals surface area contributed by atoms with Crippen LogP contribution in [-0.4, -0.2) is 35.6 Å². The van der Waals surface area contributed by atoms with Crippen LogP contribution in [0.25, 0.3) is 0 Å². The molecular weight excluding hydrogens is 151 g/mol. The van der Waals surface area contributed by atoms with Crippen molar-refractivity contribution >= 4 is 0 Å². The number of halogens is 1. The molecule has 0 spiro atoms. The lowest BCUT2D eigenvalue weighted by atomic mass is 10.2. The van der Waals surface area contributed by atoms with E-state index in [1.807, 2.05) is 0 Å². The minimum Gasteiger partial charge on any atom is -0.394 e. The Hall–Kier alpha value is -0.450. The Morgan fingerprint density at radius 3 is 2.64 bits per heavy atom. The molecule has 2 atom stereocenters. The molecule has 0 radical (unpaired) electrons. The van der Waals surface area contributed by atoms with Crippen LogP contribution in [0, 0.1) is 0 Å². The summed E-state index contributed by atoms with van der Waals surface area (Å²) in [7, 11) is 0. The molecule has 0 aliphatic heterocycles. The molecule has 66 valence electrons. The van der Waals surface area contributed by atoms with Gasteiger partial charge in [0.05, 0.1) is 12.9 Å². The zero-order chi connectivity index (χ0) is 8.69. The van der Waals surface area contributed by atoms with Gasteiger partial charge in [-0.05, 0) is 13.0 Å². The number of aliphatic hydroxyl groups excluding tert-OH is 2. The van der Waals surface area contributed by atoms with Crippen LogP contribution in [0.5, 0.6) is 0 Å². The van der Waals surface area contributed by atoms with E-state index in [1.165, 1.54) is 0 Å². The van der Waals surface area contributed by atoms with E-state index >= 15 is 0 Å². The molecule has 0 rings (SSSR count). The van der Waals surface area contributed by atoms with E-state index < -0.39 is 18.8 Å². The first-order valence-corrected chi connectivity index (χ1v) is 3.43. The molecule has 3 nitrogen and oxygen atoms in total. The Balaban J connectivity index is 3.86. The van der Waals surface area contributed by atoms with Gasteiger partial charge in [-0.2, -0.15) is 0 Å². The molecule has 0 heterocycles. The Morgan fingerprint density at radius 2 is 2.27 bits per heavy atom. The van der Waals surface area contributed by atoms with Crippen molar-refractivity contribution in [3.63, 3.8) is 0 Å². The van der Waals surface area contributed by atoms with Crippen molar-refractivity contribution < 1.29 is 19.3 Å². The van der Waals surface area contributed by atoms with Gasteiger partial charge in [-0.25, -0.2) is 4.39 Å². The lowest BCUT2D eigenvalue weighted by molar-refractivity contribution is -0.0299. The third-order valence-electron chi connectivity index (χ3n) is 1.19. The maximum Gasteiger partial charge on any atom is 0.107 e. The first kappa shape index (κ1) is 10.6. The second-order valence-corrected chi connectivity index (χ2v) is 1.99. The summed E-state index contributed by atoms with van der Waals surface area (Å²) in [4.78, 5) is 0.